The Bertz CT molecular complexity index is 502. The van der Waals surface area contributed by atoms with Gasteiger partial charge in [-0.2, -0.15) is 0 Å². The fourth-order valence-corrected chi connectivity index (χ4v) is 2.14. The Morgan fingerprint density at radius 3 is 2.83 bits per heavy atom. The van der Waals surface area contributed by atoms with Gasteiger partial charge < -0.3 is 10.6 Å². The summed E-state index contributed by atoms with van der Waals surface area (Å²) in [4.78, 5) is 24.3. The third-order valence-corrected chi connectivity index (χ3v) is 3.21. The van der Waals surface area contributed by atoms with Crippen molar-refractivity contribution in [1.82, 2.24) is 4.90 Å². The number of carbonyl (C=O) groups excluding carboxylic acids is 2. The van der Waals surface area contributed by atoms with Gasteiger partial charge in [0.1, 0.15) is 5.82 Å². The molecule has 18 heavy (non-hydrogen) atoms. The minimum absolute atomic E-state index is 0.0826. The summed E-state index contributed by atoms with van der Waals surface area (Å²) < 4.78 is 13.1. The SMILES string of the molecule is Cc1cc(CN2CC(C(N)=O)CC2=O)ccc1F. The van der Waals surface area contributed by atoms with Gasteiger partial charge in [-0.1, -0.05) is 12.1 Å². The minimum Gasteiger partial charge on any atom is -0.369 e. The number of amides is 2. The Labute approximate surface area is 105 Å². The molecule has 1 aromatic carbocycles. The van der Waals surface area contributed by atoms with Crippen LogP contribution >= 0.6 is 0 Å². The lowest BCUT2D eigenvalue weighted by Gasteiger charge is -2.16. The monoisotopic (exact) mass is 250 g/mol. The van der Waals surface area contributed by atoms with E-state index in [0.29, 0.717) is 18.7 Å². The predicted octanol–water partition coefficient (Wildman–Crippen LogP) is 0.968. The van der Waals surface area contributed by atoms with E-state index < -0.39 is 11.8 Å². The van der Waals surface area contributed by atoms with Crippen molar-refractivity contribution in [2.45, 2.75) is 19.9 Å². The summed E-state index contributed by atoms with van der Waals surface area (Å²) >= 11 is 0. The number of likely N-dealkylation sites (tertiary alicyclic amines) is 1. The van der Waals surface area contributed by atoms with Gasteiger partial charge in [0.25, 0.3) is 0 Å². The fourth-order valence-electron chi connectivity index (χ4n) is 2.14. The number of primary amides is 1. The zero-order valence-corrected chi connectivity index (χ0v) is 10.1. The second-order valence-corrected chi connectivity index (χ2v) is 4.66. The van der Waals surface area contributed by atoms with E-state index in [1.54, 1.807) is 24.0 Å². The smallest absolute Gasteiger partial charge is 0.223 e. The first-order chi connectivity index (χ1) is 8.47. The molecule has 0 spiro atoms. The van der Waals surface area contributed by atoms with E-state index in [0.717, 1.165) is 5.56 Å². The molecule has 0 aliphatic carbocycles. The summed E-state index contributed by atoms with van der Waals surface area (Å²) in [6.45, 7) is 2.42. The molecule has 0 aromatic heterocycles. The lowest BCUT2D eigenvalue weighted by atomic mass is 10.1. The van der Waals surface area contributed by atoms with Crippen LogP contribution in [-0.2, 0) is 16.1 Å². The lowest BCUT2D eigenvalue weighted by molar-refractivity contribution is -0.128. The van der Waals surface area contributed by atoms with Crippen molar-refractivity contribution in [3.8, 4) is 0 Å². The zero-order chi connectivity index (χ0) is 13.3. The summed E-state index contributed by atoms with van der Waals surface area (Å²) in [6, 6.07) is 4.74. The van der Waals surface area contributed by atoms with Crippen molar-refractivity contribution in [3.05, 3.63) is 35.1 Å². The van der Waals surface area contributed by atoms with E-state index in [1.807, 2.05) is 0 Å². The number of hydrogen-bond acceptors (Lipinski definition) is 2. The molecule has 1 fully saturated rings. The maximum Gasteiger partial charge on any atom is 0.223 e. The molecule has 1 unspecified atom stereocenters. The molecule has 96 valence electrons. The van der Waals surface area contributed by atoms with Gasteiger partial charge in [-0.25, -0.2) is 4.39 Å². The standard InChI is InChI=1S/C13H15FN2O2/c1-8-4-9(2-3-11(8)14)6-16-7-10(13(15)18)5-12(16)17/h2-4,10H,5-7H2,1H3,(H2,15,18). The quantitative estimate of drug-likeness (QED) is 0.868. The van der Waals surface area contributed by atoms with Crippen molar-refractivity contribution in [2.24, 2.45) is 11.7 Å². The van der Waals surface area contributed by atoms with Crippen molar-refractivity contribution in [2.75, 3.05) is 6.54 Å². The summed E-state index contributed by atoms with van der Waals surface area (Å²) in [5.41, 5.74) is 6.59. The van der Waals surface area contributed by atoms with Crippen LogP contribution < -0.4 is 5.73 Å². The fraction of sp³-hybridized carbons (Fsp3) is 0.385. The van der Waals surface area contributed by atoms with Crippen LogP contribution in [0.3, 0.4) is 0 Å². The second kappa shape index (κ2) is 4.76. The molecule has 0 bridgehead atoms. The molecule has 2 N–H and O–H groups in total. The number of carbonyl (C=O) groups is 2. The molecule has 1 heterocycles. The van der Waals surface area contributed by atoms with Crippen LogP contribution in [0.4, 0.5) is 4.39 Å². The van der Waals surface area contributed by atoms with Crippen molar-refractivity contribution in [1.29, 1.82) is 0 Å². The van der Waals surface area contributed by atoms with Gasteiger partial charge in [-0.3, -0.25) is 9.59 Å². The van der Waals surface area contributed by atoms with E-state index in [4.69, 9.17) is 5.73 Å². The van der Waals surface area contributed by atoms with Crippen molar-refractivity contribution < 1.29 is 14.0 Å². The normalized spacial score (nSPS) is 19.3. The maximum absolute atomic E-state index is 13.1. The Morgan fingerprint density at radius 2 is 2.28 bits per heavy atom. The molecule has 4 nitrogen and oxygen atoms in total. The predicted molar refractivity (Wildman–Crippen MR) is 63.9 cm³/mol. The summed E-state index contributed by atoms with van der Waals surface area (Å²) in [6.07, 6.45) is 0.176. The zero-order valence-electron chi connectivity index (χ0n) is 10.1. The summed E-state index contributed by atoms with van der Waals surface area (Å²) in [5.74, 6) is -1.19. The Hall–Kier alpha value is -1.91. The molecular weight excluding hydrogens is 235 g/mol. The highest BCUT2D eigenvalue weighted by molar-refractivity contribution is 5.88. The number of halogens is 1. The summed E-state index contributed by atoms with van der Waals surface area (Å²) in [7, 11) is 0. The minimum atomic E-state index is -0.443. The number of benzene rings is 1. The highest BCUT2D eigenvalue weighted by Crippen LogP contribution is 2.20. The number of aryl methyl sites for hydroxylation is 1. The number of nitrogens with two attached hydrogens (primary N) is 1. The Balaban J connectivity index is 2.08. The molecule has 1 atom stereocenters. The Morgan fingerprint density at radius 1 is 1.56 bits per heavy atom. The third-order valence-electron chi connectivity index (χ3n) is 3.21. The van der Waals surface area contributed by atoms with Crippen molar-refractivity contribution in [3.63, 3.8) is 0 Å². The van der Waals surface area contributed by atoms with Gasteiger partial charge in [0.05, 0.1) is 5.92 Å². The first kappa shape index (κ1) is 12.5. The highest BCUT2D eigenvalue weighted by Gasteiger charge is 2.32. The van der Waals surface area contributed by atoms with Crippen LogP contribution in [-0.4, -0.2) is 23.3 Å². The van der Waals surface area contributed by atoms with E-state index in [1.165, 1.54) is 6.07 Å². The molecule has 1 aliphatic rings. The molecule has 5 heteroatoms. The maximum atomic E-state index is 13.1. The van der Waals surface area contributed by atoms with E-state index in [-0.39, 0.29) is 18.1 Å². The van der Waals surface area contributed by atoms with Gasteiger partial charge >= 0.3 is 0 Å². The number of nitrogens with zero attached hydrogens (tertiary/aromatic N) is 1. The van der Waals surface area contributed by atoms with Gasteiger partial charge in [0.2, 0.25) is 11.8 Å². The van der Waals surface area contributed by atoms with Crippen LogP contribution in [0.15, 0.2) is 18.2 Å². The van der Waals surface area contributed by atoms with Gasteiger partial charge in [0.15, 0.2) is 0 Å². The molecule has 1 aliphatic heterocycles. The number of rotatable bonds is 3. The van der Waals surface area contributed by atoms with Gasteiger partial charge in [0, 0.05) is 19.5 Å². The van der Waals surface area contributed by atoms with Crippen LogP contribution in [0.2, 0.25) is 0 Å². The molecular formula is C13H15FN2O2. The highest BCUT2D eigenvalue weighted by atomic mass is 19.1. The van der Waals surface area contributed by atoms with Crippen molar-refractivity contribution >= 4 is 11.8 Å². The molecule has 0 saturated carbocycles. The summed E-state index contributed by atoms with van der Waals surface area (Å²) in [5, 5.41) is 0. The molecule has 0 radical (unpaired) electrons. The van der Waals surface area contributed by atoms with Gasteiger partial charge in [-0.15, -0.1) is 0 Å². The van der Waals surface area contributed by atoms with Crippen LogP contribution in [0.25, 0.3) is 0 Å². The largest absolute Gasteiger partial charge is 0.369 e. The molecule has 1 saturated heterocycles. The topological polar surface area (TPSA) is 63.4 Å². The lowest BCUT2D eigenvalue weighted by Crippen LogP contribution is -2.28. The average Bonchev–Trinajstić information content (AvgIpc) is 2.66. The van der Waals surface area contributed by atoms with Crippen LogP contribution in [0, 0.1) is 18.7 Å². The number of hydrogen-bond donors (Lipinski definition) is 1. The Kier molecular flexibility index (Phi) is 3.32. The van der Waals surface area contributed by atoms with E-state index >= 15 is 0 Å². The molecule has 1 aromatic rings. The third kappa shape index (κ3) is 2.50. The molecule has 2 amide bonds. The van der Waals surface area contributed by atoms with E-state index in [2.05, 4.69) is 0 Å². The van der Waals surface area contributed by atoms with Crippen LogP contribution in [0.5, 0.6) is 0 Å². The molecule has 2 rings (SSSR count). The first-order valence-corrected chi connectivity index (χ1v) is 5.79. The van der Waals surface area contributed by atoms with E-state index in [9.17, 15) is 14.0 Å². The van der Waals surface area contributed by atoms with Gasteiger partial charge in [-0.05, 0) is 24.1 Å². The first-order valence-electron chi connectivity index (χ1n) is 5.79. The van der Waals surface area contributed by atoms with Crippen LogP contribution in [0.1, 0.15) is 17.5 Å². The second-order valence-electron chi connectivity index (χ2n) is 4.66. The average molecular weight is 250 g/mol.